The number of hydrogen-bond donors (Lipinski definition) is 1. The van der Waals surface area contributed by atoms with E-state index >= 15 is 0 Å². The highest BCUT2D eigenvalue weighted by Crippen LogP contribution is 2.24. The number of carbonyl (C=O) groups is 2. The van der Waals surface area contributed by atoms with Crippen LogP contribution in [-0.2, 0) is 37.3 Å². The smallest absolute Gasteiger partial charge is 0.338 e. The summed E-state index contributed by atoms with van der Waals surface area (Å²) in [4.78, 5) is 26.5. The molecule has 1 N–H and O–H groups in total. The third kappa shape index (κ3) is 5.73. The summed E-state index contributed by atoms with van der Waals surface area (Å²) in [6.45, 7) is 1.32. The quantitative estimate of drug-likeness (QED) is 0.596. The second-order valence-corrected chi connectivity index (χ2v) is 10.2. The third-order valence-corrected chi connectivity index (χ3v) is 7.70. The van der Waals surface area contributed by atoms with E-state index in [4.69, 9.17) is 21.1 Å². The molecule has 0 saturated carbocycles. The van der Waals surface area contributed by atoms with Crippen LogP contribution < -0.4 is 4.72 Å². The van der Waals surface area contributed by atoms with Gasteiger partial charge in [-0.2, -0.15) is 0 Å². The van der Waals surface area contributed by atoms with Crippen molar-refractivity contribution in [1.82, 2.24) is 9.62 Å². The number of halogens is 1. The summed E-state index contributed by atoms with van der Waals surface area (Å²) >= 11 is 6.09. The van der Waals surface area contributed by atoms with E-state index in [1.807, 2.05) is 24.3 Å². The predicted octanol–water partition coefficient (Wildman–Crippen LogP) is 2.54. The average molecular weight is 493 g/mol. The standard InChI is InChI=1S/C23H25ClN2O6S/c24-20-8-7-17(12-21(20)33(29,30)25-13-19-6-3-11-31-19)23(28)32-15-22(27)26-10-9-16-4-1-2-5-18(16)14-26/h1-2,4-5,7-8,12,19,25H,3,6,9-11,13-15H2. The normalized spacial score (nSPS) is 18.1. The predicted molar refractivity (Wildman–Crippen MR) is 121 cm³/mol. The minimum Gasteiger partial charge on any atom is -0.452 e. The van der Waals surface area contributed by atoms with E-state index in [1.165, 1.54) is 17.7 Å². The zero-order chi connectivity index (χ0) is 23.4. The van der Waals surface area contributed by atoms with Crippen molar-refractivity contribution in [2.45, 2.75) is 36.8 Å². The van der Waals surface area contributed by atoms with E-state index in [2.05, 4.69) is 4.72 Å². The Morgan fingerprint density at radius 1 is 1.18 bits per heavy atom. The van der Waals surface area contributed by atoms with Crippen molar-refractivity contribution in [1.29, 1.82) is 0 Å². The number of sulfonamides is 1. The first kappa shape index (κ1) is 23.7. The van der Waals surface area contributed by atoms with Crippen molar-refractivity contribution < 1.29 is 27.5 Å². The number of rotatable bonds is 7. The van der Waals surface area contributed by atoms with Crippen molar-refractivity contribution in [2.75, 3.05) is 26.3 Å². The number of carbonyl (C=O) groups excluding carboxylic acids is 2. The summed E-state index contributed by atoms with van der Waals surface area (Å²) in [5.41, 5.74) is 2.28. The van der Waals surface area contributed by atoms with Gasteiger partial charge in [-0.3, -0.25) is 4.79 Å². The molecule has 0 aliphatic carbocycles. The molecule has 2 heterocycles. The Morgan fingerprint density at radius 2 is 1.97 bits per heavy atom. The number of esters is 1. The molecule has 8 nitrogen and oxygen atoms in total. The Hall–Kier alpha value is -2.46. The molecule has 1 fully saturated rings. The Labute approximate surface area is 197 Å². The monoisotopic (exact) mass is 492 g/mol. The molecule has 2 aromatic carbocycles. The first-order valence-corrected chi connectivity index (χ1v) is 12.6. The van der Waals surface area contributed by atoms with Crippen LogP contribution in [0.2, 0.25) is 5.02 Å². The highest BCUT2D eigenvalue weighted by atomic mass is 35.5. The Morgan fingerprint density at radius 3 is 2.73 bits per heavy atom. The van der Waals surface area contributed by atoms with Gasteiger partial charge in [-0.25, -0.2) is 17.9 Å². The van der Waals surface area contributed by atoms with Gasteiger partial charge in [0.25, 0.3) is 5.91 Å². The van der Waals surface area contributed by atoms with Gasteiger partial charge in [-0.1, -0.05) is 35.9 Å². The third-order valence-electron chi connectivity index (χ3n) is 5.79. The first-order chi connectivity index (χ1) is 15.8. The van der Waals surface area contributed by atoms with Gasteiger partial charge in [0.1, 0.15) is 4.90 Å². The second kappa shape index (κ2) is 10.2. The molecule has 4 rings (SSSR count). The van der Waals surface area contributed by atoms with E-state index in [0.29, 0.717) is 19.7 Å². The lowest BCUT2D eigenvalue weighted by molar-refractivity contribution is -0.135. The zero-order valence-corrected chi connectivity index (χ0v) is 19.5. The molecule has 10 heteroatoms. The maximum absolute atomic E-state index is 12.7. The Balaban J connectivity index is 1.37. The number of amides is 1. The summed E-state index contributed by atoms with van der Waals surface area (Å²) in [5.74, 6) is -1.11. The molecule has 1 saturated heterocycles. The highest BCUT2D eigenvalue weighted by molar-refractivity contribution is 7.89. The molecule has 1 unspecified atom stereocenters. The molecular formula is C23H25ClN2O6S. The van der Waals surface area contributed by atoms with E-state index in [9.17, 15) is 18.0 Å². The number of fused-ring (bicyclic) bond motifs is 1. The SMILES string of the molecule is O=C(OCC(=O)N1CCc2ccccc2C1)c1ccc(Cl)c(S(=O)(=O)NCC2CCCO2)c1. The van der Waals surface area contributed by atoms with Gasteiger partial charge in [0.2, 0.25) is 10.0 Å². The Bertz CT molecular complexity index is 1150. The van der Waals surface area contributed by atoms with Gasteiger partial charge < -0.3 is 14.4 Å². The molecule has 2 aromatic rings. The van der Waals surface area contributed by atoms with Gasteiger partial charge in [0.15, 0.2) is 6.61 Å². The summed E-state index contributed by atoms with van der Waals surface area (Å²) in [7, 11) is -3.96. The second-order valence-electron chi connectivity index (χ2n) is 8.04. The topological polar surface area (TPSA) is 102 Å². The number of hydrogen-bond acceptors (Lipinski definition) is 6. The molecule has 0 spiro atoms. The number of ether oxygens (including phenoxy) is 2. The maximum atomic E-state index is 12.7. The van der Waals surface area contributed by atoms with E-state index in [1.54, 1.807) is 4.90 Å². The summed E-state index contributed by atoms with van der Waals surface area (Å²) in [6, 6.07) is 11.8. The molecule has 2 aliphatic rings. The fourth-order valence-electron chi connectivity index (χ4n) is 3.93. The lowest BCUT2D eigenvalue weighted by atomic mass is 10.00. The van der Waals surface area contributed by atoms with Crippen LogP contribution in [0.3, 0.4) is 0 Å². The molecule has 1 atom stereocenters. The van der Waals surface area contributed by atoms with Crippen LogP contribution in [0.5, 0.6) is 0 Å². The van der Waals surface area contributed by atoms with Crippen molar-refractivity contribution in [3.8, 4) is 0 Å². The lowest BCUT2D eigenvalue weighted by Gasteiger charge is -2.28. The molecule has 176 valence electrons. The van der Waals surface area contributed by atoms with Gasteiger partial charge in [-0.15, -0.1) is 0 Å². The molecule has 2 aliphatic heterocycles. The summed E-state index contributed by atoms with van der Waals surface area (Å²) < 4.78 is 38.5. The summed E-state index contributed by atoms with van der Waals surface area (Å²) in [6.07, 6.45) is 2.23. The fraction of sp³-hybridized carbons (Fsp3) is 0.391. The van der Waals surface area contributed by atoms with Gasteiger partial charge >= 0.3 is 5.97 Å². The molecule has 0 aromatic heterocycles. The largest absolute Gasteiger partial charge is 0.452 e. The van der Waals surface area contributed by atoms with Crippen LogP contribution in [-0.4, -0.2) is 57.6 Å². The number of nitrogens with one attached hydrogen (secondary N) is 1. The van der Waals surface area contributed by atoms with Gasteiger partial charge in [0.05, 0.1) is 16.7 Å². The van der Waals surface area contributed by atoms with Crippen molar-refractivity contribution >= 4 is 33.5 Å². The van der Waals surface area contributed by atoms with E-state index < -0.39 is 22.6 Å². The minimum atomic E-state index is -3.96. The van der Waals surface area contributed by atoms with Crippen LogP contribution in [0, 0.1) is 0 Å². The number of benzene rings is 2. The molecule has 0 bridgehead atoms. The lowest BCUT2D eigenvalue weighted by Crippen LogP contribution is -2.38. The molecule has 33 heavy (non-hydrogen) atoms. The first-order valence-electron chi connectivity index (χ1n) is 10.8. The minimum absolute atomic E-state index is 0.00585. The average Bonchev–Trinajstić information content (AvgIpc) is 3.35. The zero-order valence-electron chi connectivity index (χ0n) is 18.0. The van der Waals surface area contributed by atoms with E-state index in [0.717, 1.165) is 30.9 Å². The van der Waals surface area contributed by atoms with Crippen LogP contribution in [0.15, 0.2) is 47.4 Å². The molecule has 0 radical (unpaired) electrons. The highest BCUT2D eigenvalue weighted by Gasteiger charge is 2.25. The van der Waals surface area contributed by atoms with Crippen molar-refractivity contribution in [2.24, 2.45) is 0 Å². The Kier molecular flexibility index (Phi) is 7.33. The van der Waals surface area contributed by atoms with Crippen molar-refractivity contribution in [3.05, 3.63) is 64.2 Å². The molecule has 1 amide bonds. The molecular weight excluding hydrogens is 468 g/mol. The van der Waals surface area contributed by atoms with Crippen LogP contribution in [0.25, 0.3) is 0 Å². The van der Waals surface area contributed by atoms with Gasteiger partial charge in [0, 0.05) is 26.2 Å². The summed E-state index contributed by atoms with van der Waals surface area (Å²) in [5, 5.41) is -0.0190. The van der Waals surface area contributed by atoms with Crippen LogP contribution in [0.4, 0.5) is 0 Å². The maximum Gasteiger partial charge on any atom is 0.338 e. The van der Waals surface area contributed by atoms with Crippen LogP contribution in [0.1, 0.15) is 34.3 Å². The van der Waals surface area contributed by atoms with Crippen molar-refractivity contribution in [3.63, 3.8) is 0 Å². The number of nitrogens with zero attached hydrogens (tertiary/aromatic N) is 1. The fourth-order valence-corrected chi connectivity index (χ4v) is 5.52. The van der Waals surface area contributed by atoms with E-state index in [-0.39, 0.29) is 34.0 Å². The van der Waals surface area contributed by atoms with Crippen LogP contribution >= 0.6 is 11.6 Å². The van der Waals surface area contributed by atoms with Gasteiger partial charge in [-0.05, 0) is 48.6 Å².